The van der Waals surface area contributed by atoms with E-state index >= 15 is 0 Å². The van der Waals surface area contributed by atoms with Crippen LogP contribution in [0.3, 0.4) is 0 Å². The molecule has 0 amide bonds. The second-order valence-electron chi connectivity index (χ2n) is 4.45. The first-order chi connectivity index (χ1) is 8.50. The van der Waals surface area contributed by atoms with Crippen LogP contribution in [-0.4, -0.2) is 35.6 Å². The summed E-state index contributed by atoms with van der Waals surface area (Å²) in [6.45, 7) is -0.548. The van der Waals surface area contributed by atoms with Gasteiger partial charge in [0.2, 0.25) is 0 Å². The van der Waals surface area contributed by atoms with Crippen molar-refractivity contribution in [2.45, 2.75) is 43.6 Å². The fraction of sp³-hybridized carbons (Fsp3) is 0.900. The number of aliphatic hydroxyl groups is 1. The molecule has 1 N–H and O–H groups in total. The first kappa shape index (κ1) is 16.1. The maximum absolute atomic E-state index is 12.3. The largest absolute Gasteiger partial charge is 0.463 e. The van der Waals surface area contributed by atoms with Gasteiger partial charge in [-0.05, 0) is 18.8 Å². The molecular formula is C10H12F6O3. The van der Waals surface area contributed by atoms with Gasteiger partial charge in [0, 0.05) is 0 Å². The molecule has 1 aliphatic carbocycles. The zero-order valence-electron chi connectivity index (χ0n) is 9.64. The molecule has 19 heavy (non-hydrogen) atoms. The van der Waals surface area contributed by atoms with E-state index in [2.05, 4.69) is 4.74 Å². The molecule has 112 valence electrons. The summed E-state index contributed by atoms with van der Waals surface area (Å²) in [6, 6.07) is 0. The molecule has 3 nitrogen and oxygen atoms in total. The normalized spacial score (nSPS) is 18.7. The number of carbonyl (C=O) groups excluding carboxylic acids is 1. The Bertz CT molecular complexity index is 315. The Labute approximate surface area is 104 Å². The summed E-state index contributed by atoms with van der Waals surface area (Å²) in [5, 5.41) is 8.70. The van der Waals surface area contributed by atoms with Crippen LogP contribution in [0.1, 0.15) is 25.7 Å². The number of alkyl halides is 6. The number of halogens is 6. The molecule has 0 atom stereocenters. The maximum Gasteiger partial charge on any atom is 0.437 e. The van der Waals surface area contributed by atoms with E-state index in [1.807, 2.05) is 0 Å². The number of rotatable bonds is 3. The molecule has 0 aromatic rings. The van der Waals surface area contributed by atoms with E-state index in [-0.39, 0.29) is 5.92 Å². The Kier molecular flexibility index (Phi) is 4.38. The van der Waals surface area contributed by atoms with Crippen molar-refractivity contribution in [3.63, 3.8) is 0 Å². The van der Waals surface area contributed by atoms with Crippen LogP contribution in [-0.2, 0) is 9.53 Å². The average Bonchev–Trinajstić information content (AvgIpc) is 2.74. The van der Waals surface area contributed by atoms with E-state index in [9.17, 15) is 31.1 Å². The predicted octanol–water partition coefficient (Wildman–Crippen LogP) is 2.58. The molecule has 1 rings (SSSR count). The van der Waals surface area contributed by atoms with Crippen LogP contribution in [0.2, 0.25) is 0 Å². The van der Waals surface area contributed by atoms with E-state index in [1.165, 1.54) is 0 Å². The summed E-state index contributed by atoms with van der Waals surface area (Å²) in [7, 11) is 0. The van der Waals surface area contributed by atoms with Crippen molar-refractivity contribution in [1.29, 1.82) is 0 Å². The third kappa shape index (κ3) is 3.13. The molecule has 0 aliphatic heterocycles. The summed E-state index contributed by atoms with van der Waals surface area (Å²) in [4.78, 5) is 11.0. The van der Waals surface area contributed by atoms with Crippen molar-refractivity contribution in [1.82, 2.24) is 0 Å². The fourth-order valence-electron chi connectivity index (χ4n) is 1.87. The molecule has 0 aromatic heterocycles. The lowest BCUT2D eigenvalue weighted by Crippen LogP contribution is -2.63. The number of ether oxygens (including phenoxy) is 1. The van der Waals surface area contributed by atoms with Crippen molar-refractivity contribution < 1.29 is 41.0 Å². The van der Waals surface area contributed by atoms with Gasteiger partial charge in [0.05, 0.1) is 6.61 Å². The monoisotopic (exact) mass is 294 g/mol. The van der Waals surface area contributed by atoms with Gasteiger partial charge in [-0.15, -0.1) is 0 Å². The maximum atomic E-state index is 12.3. The standard InChI is InChI=1S/C10H12F6O3/c11-9(12,13)8(18,10(14,15)16)7(17)19-5-6-3-1-2-4-6/h6,18H,1-5H2. The smallest absolute Gasteiger partial charge is 0.437 e. The lowest BCUT2D eigenvalue weighted by molar-refractivity contribution is -0.357. The van der Waals surface area contributed by atoms with Gasteiger partial charge in [-0.1, -0.05) is 12.8 Å². The van der Waals surface area contributed by atoms with E-state index in [1.54, 1.807) is 0 Å². The zero-order valence-corrected chi connectivity index (χ0v) is 9.64. The highest BCUT2D eigenvalue weighted by atomic mass is 19.4. The topological polar surface area (TPSA) is 46.5 Å². The summed E-state index contributed by atoms with van der Waals surface area (Å²) in [5.41, 5.74) is -5.47. The molecule has 1 aliphatic rings. The van der Waals surface area contributed by atoms with Crippen molar-refractivity contribution >= 4 is 5.97 Å². The van der Waals surface area contributed by atoms with Gasteiger partial charge >= 0.3 is 23.9 Å². The van der Waals surface area contributed by atoms with Crippen LogP contribution in [0.15, 0.2) is 0 Å². The number of esters is 1. The van der Waals surface area contributed by atoms with Gasteiger partial charge in [0.15, 0.2) is 0 Å². The number of carbonyl (C=O) groups is 1. The second-order valence-corrected chi connectivity index (χ2v) is 4.45. The molecule has 0 saturated heterocycles. The number of hydrogen-bond donors (Lipinski definition) is 1. The highest BCUT2D eigenvalue weighted by Gasteiger charge is 2.76. The van der Waals surface area contributed by atoms with Gasteiger partial charge in [-0.2, -0.15) is 26.3 Å². The van der Waals surface area contributed by atoms with Gasteiger partial charge in [-0.25, -0.2) is 4.79 Å². The Morgan fingerprint density at radius 2 is 1.47 bits per heavy atom. The zero-order chi connectivity index (χ0) is 14.9. The van der Waals surface area contributed by atoms with Crippen molar-refractivity contribution in [2.24, 2.45) is 5.92 Å². The second kappa shape index (κ2) is 5.18. The molecule has 9 heteroatoms. The Hall–Kier alpha value is -0.990. The van der Waals surface area contributed by atoms with Crippen LogP contribution in [0, 0.1) is 5.92 Å². The molecule has 0 aromatic carbocycles. The lowest BCUT2D eigenvalue weighted by Gasteiger charge is -2.30. The Morgan fingerprint density at radius 3 is 1.84 bits per heavy atom. The highest BCUT2D eigenvalue weighted by molar-refractivity contribution is 5.81. The minimum atomic E-state index is -6.18. The van der Waals surface area contributed by atoms with Crippen molar-refractivity contribution in [3.8, 4) is 0 Å². The lowest BCUT2D eigenvalue weighted by atomic mass is 10.0. The van der Waals surface area contributed by atoms with E-state index in [0.29, 0.717) is 12.8 Å². The average molecular weight is 294 g/mol. The number of hydrogen-bond acceptors (Lipinski definition) is 3. The SMILES string of the molecule is O=C(OCC1CCCC1)C(O)(C(F)(F)F)C(F)(F)F. The van der Waals surface area contributed by atoms with E-state index in [0.717, 1.165) is 12.8 Å². The van der Waals surface area contributed by atoms with E-state index in [4.69, 9.17) is 5.11 Å². The van der Waals surface area contributed by atoms with Crippen LogP contribution in [0.4, 0.5) is 26.3 Å². The van der Waals surface area contributed by atoms with Crippen LogP contribution >= 0.6 is 0 Å². The molecule has 1 fully saturated rings. The molecule has 0 unspecified atom stereocenters. The Balaban J connectivity index is 2.78. The summed E-state index contributed by atoms with van der Waals surface area (Å²) in [5.74, 6) is -2.98. The highest BCUT2D eigenvalue weighted by Crippen LogP contribution is 2.44. The third-order valence-corrected chi connectivity index (χ3v) is 3.04. The summed E-state index contributed by atoms with van der Waals surface area (Å²) < 4.78 is 77.7. The molecule has 0 bridgehead atoms. The van der Waals surface area contributed by atoms with Gasteiger partial charge in [0.1, 0.15) is 0 Å². The molecule has 0 radical (unpaired) electrons. The minimum absolute atomic E-state index is 0.255. The van der Waals surface area contributed by atoms with Gasteiger partial charge in [-0.3, -0.25) is 0 Å². The molecular weight excluding hydrogens is 282 g/mol. The molecule has 1 saturated carbocycles. The third-order valence-electron chi connectivity index (χ3n) is 3.04. The first-order valence-electron chi connectivity index (χ1n) is 5.53. The minimum Gasteiger partial charge on any atom is -0.463 e. The van der Waals surface area contributed by atoms with Crippen LogP contribution < -0.4 is 0 Å². The molecule has 0 heterocycles. The quantitative estimate of drug-likeness (QED) is 0.643. The van der Waals surface area contributed by atoms with Crippen LogP contribution in [0.25, 0.3) is 0 Å². The Morgan fingerprint density at radius 1 is 1.05 bits per heavy atom. The first-order valence-corrected chi connectivity index (χ1v) is 5.53. The predicted molar refractivity (Wildman–Crippen MR) is 50.0 cm³/mol. The van der Waals surface area contributed by atoms with Gasteiger partial charge in [0.25, 0.3) is 0 Å². The fourth-order valence-corrected chi connectivity index (χ4v) is 1.87. The summed E-state index contributed by atoms with van der Waals surface area (Å²) >= 11 is 0. The summed E-state index contributed by atoms with van der Waals surface area (Å²) in [6.07, 6.45) is -9.65. The van der Waals surface area contributed by atoms with Crippen LogP contribution in [0.5, 0.6) is 0 Å². The van der Waals surface area contributed by atoms with Crippen molar-refractivity contribution in [3.05, 3.63) is 0 Å². The van der Waals surface area contributed by atoms with Gasteiger partial charge < -0.3 is 9.84 Å². The molecule has 0 spiro atoms. The van der Waals surface area contributed by atoms with Crippen molar-refractivity contribution in [2.75, 3.05) is 6.61 Å². The van der Waals surface area contributed by atoms with E-state index < -0.39 is 30.5 Å².